The van der Waals surface area contributed by atoms with Crippen molar-refractivity contribution in [2.24, 2.45) is 0 Å². The number of hydrogen-bond donors (Lipinski definition) is 0. The lowest BCUT2D eigenvalue weighted by atomic mass is 10.2. The first kappa shape index (κ1) is 14.6. The van der Waals surface area contributed by atoms with Crippen LogP contribution in [-0.4, -0.2) is 15.0 Å². The van der Waals surface area contributed by atoms with Crippen LogP contribution in [0.25, 0.3) is 22.3 Å². The Bertz CT molecular complexity index is 1010. The molecular formula is C19H12ClN3O. The second-order valence-electron chi connectivity index (χ2n) is 5.14. The van der Waals surface area contributed by atoms with Crippen LogP contribution in [-0.2, 0) is 0 Å². The molecule has 4 rings (SSSR count). The van der Waals surface area contributed by atoms with E-state index in [1.54, 1.807) is 18.5 Å². The maximum Gasteiger partial charge on any atom is 0.230 e. The molecule has 0 bridgehead atoms. The summed E-state index contributed by atoms with van der Waals surface area (Å²) in [5, 5.41) is 1.36. The number of aromatic nitrogens is 3. The minimum atomic E-state index is 0.473. The second kappa shape index (κ2) is 6.26. The van der Waals surface area contributed by atoms with E-state index < -0.39 is 0 Å². The Kier molecular flexibility index (Phi) is 3.81. The lowest BCUT2D eigenvalue weighted by Gasteiger charge is -2.11. The molecule has 0 aliphatic carbocycles. The van der Waals surface area contributed by atoms with Crippen LogP contribution in [0.2, 0.25) is 5.02 Å². The minimum Gasteiger partial charge on any atom is -0.437 e. The highest BCUT2D eigenvalue weighted by Gasteiger charge is 2.12. The summed E-state index contributed by atoms with van der Waals surface area (Å²) in [6, 6.07) is 18.8. The number of halogens is 1. The van der Waals surface area contributed by atoms with E-state index in [1.165, 1.54) is 0 Å². The van der Waals surface area contributed by atoms with Crippen LogP contribution in [0.4, 0.5) is 0 Å². The maximum absolute atomic E-state index is 6.21. The summed E-state index contributed by atoms with van der Waals surface area (Å²) >= 11 is 6.21. The number of benzene rings is 2. The fourth-order valence-electron chi connectivity index (χ4n) is 2.39. The highest BCUT2D eigenvalue weighted by Crippen LogP contribution is 2.33. The molecule has 0 fully saturated rings. The molecule has 116 valence electrons. The zero-order valence-corrected chi connectivity index (χ0v) is 13.3. The predicted molar refractivity (Wildman–Crippen MR) is 94.3 cm³/mol. The highest BCUT2D eigenvalue weighted by molar-refractivity contribution is 6.32. The molecule has 2 aromatic heterocycles. The number of hydrogen-bond acceptors (Lipinski definition) is 4. The van der Waals surface area contributed by atoms with E-state index >= 15 is 0 Å². The SMILES string of the molecule is Clc1ccccc1Oc1nc(-c2ccncc2)nc2ccccc12. The second-order valence-corrected chi connectivity index (χ2v) is 5.55. The van der Waals surface area contributed by atoms with Gasteiger partial charge in [-0.05, 0) is 36.4 Å². The van der Waals surface area contributed by atoms with Crippen LogP contribution in [0.5, 0.6) is 11.6 Å². The van der Waals surface area contributed by atoms with Gasteiger partial charge in [0.1, 0.15) is 5.75 Å². The van der Waals surface area contributed by atoms with Crippen molar-refractivity contribution in [3.63, 3.8) is 0 Å². The van der Waals surface area contributed by atoms with Crippen molar-refractivity contribution < 1.29 is 4.74 Å². The number of para-hydroxylation sites is 2. The van der Waals surface area contributed by atoms with Crippen LogP contribution in [0.1, 0.15) is 0 Å². The summed E-state index contributed by atoms with van der Waals surface area (Å²) in [4.78, 5) is 13.2. The van der Waals surface area contributed by atoms with Crippen LogP contribution >= 0.6 is 11.6 Å². The van der Waals surface area contributed by atoms with Gasteiger partial charge in [0.15, 0.2) is 5.82 Å². The number of pyridine rings is 1. The van der Waals surface area contributed by atoms with Gasteiger partial charge in [-0.2, -0.15) is 4.98 Å². The fourth-order valence-corrected chi connectivity index (χ4v) is 2.56. The Morgan fingerprint density at radius 3 is 2.38 bits per heavy atom. The molecule has 0 saturated heterocycles. The number of rotatable bonds is 3. The number of nitrogens with zero attached hydrogens (tertiary/aromatic N) is 3. The lowest BCUT2D eigenvalue weighted by molar-refractivity contribution is 0.469. The van der Waals surface area contributed by atoms with Crippen LogP contribution in [0, 0.1) is 0 Å². The van der Waals surface area contributed by atoms with Gasteiger partial charge < -0.3 is 4.74 Å². The minimum absolute atomic E-state index is 0.473. The lowest BCUT2D eigenvalue weighted by Crippen LogP contribution is -1.96. The smallest absolute Gasteiger partial charge is 0.230 e. The first-order valence-electron chi connectivity index (χ1n) is 7.41. The van der Waals surface area contributed by atoms with E-state index in [0.717, 1.165) is 16.5 Å². The summed E-state index contributed by atoms with van der Waals surface area (Å²) in [5.41, 5.74) is 1.68. The Hall–Kier alpha value is -2.98. The van der Waals surface area contributed by atoms with Crippen LogP contribution < -0.4 is 4.74 Å². The summed E-state index contributed by atoms with van der Waals surface area (Å²) in [5.74, 6) is 1.61. The summed E-state index contributed by atoms with van der Waals surface area (Å²) in [7, 11) is 0. The molecule has 0 saturated carbocycles. The van der Waals surface area contributed by atoms with Gasteiger partial charge in [0.05, 0.1) is 15.9 Å². The average molecular weight is 334 g/mol. The average Bonchev–Trinajstić information content (AvgIpc) is 2.64. The molecule has 0 amide bonds. The molecule has 0 aliphatic heterocycles. The van der Waals surface area contributed by atoms with Gasteiger partial charge in [-0.3, -0.25) is 4.98 Å². The Morgan fingerprint density at radius 2 is 1.54 bits per heavy atom. The molecule has 0 unspecified atom stereocenters. The van der Waals surface area contributed by atoms with Crippen LogP contribution in [0.3, 0.4) is 0 Å². The quantitative estimate of drug-likeness (QED) is 0.521. The van der Waals surface area contributed by atoms with E-state index in [4.69, 9.17) is 16.3 Å². The monoisotopic (exact) mass is 333 g/mol. The van der Waals surface area contributed by atoms with Gasteiger partial charge in [0.2, 0.25) is 5.88 Å². The van der Waals surface area contributed by atoms with E-state index in [9.17, 15) is 0 Å². The van der Waals surface area contributed by atoms with Crippen LogP contribution in [0.15, 0.2) is 73.1 Å². The zero-order valence-electron chi connectivity index (χ0n) is 12.6. The maximum atomic E-state index is 6.21. The molecule has 24 heavy (non-hydrogen) atoms. The molecular weight excluding hydrogens is 322 g/mol. The zero-order chi connectivity index (χ0) is 16.4. The van der Waals surface area contributed by atoms with Crippen molar-refractivity contribution in [1.82, 2.24) is 15.0 Å². The third-order valence-electron chi connectivity index (χ3n) is 3.55. The third kappa shape index (κ3) is 2.79. The molecule has 0 aliphatic rings. The highest BCUT2D eigenvalue weighted by atomic mass is 35.5. The van der Waals surface area contributed by atoms with E-state index in [-0.39, 0.29) is 0 Å². The summed E-state index contributed by atoms with van der Waals surface area (Å²) < 4.78 is 5.99. The topological polar surface area (TPSA) is 47.9 Å². The largest absolute Gasteiger partial charge is 0.437 e. The third-order valence-corrected chi connectivity index (χ3v) is 3.86. The van der Waals surface area contributed by atoms with Crippen molar-refractivity contribution in [2.45, 2.75) is 0 Å². The Morgan fingerprint density at radius 1 is 0.792 bits per heavy atom. The predicted octanol–water partition coefficient (Wildman–Crippen LogP) is 5.14. The van der Waals surface area contributed by atoms with Gasteiger partial charge in [-0.1, -0.05) is 35.9 Å². The van der Waals surface area contributed by atoms with E-state index in [0.29, 0.717) is 22.5 Å². The molecule has 4 aromatic rings. The normalized spacial score (nSPS) is 10.7. The fraction of sp³-hybridized carbons (Fsp3) is 0. The molecule has 0 atom stereocenters. The van der Waals surface area contributed by atoms with Crippen molar-refractivity contribution in [3.8, 4) is 23.0 Å². The molecule has 4 nitrogen and oxygen atoms in total. The first-order valence-corrected chi connectivity index (χ1v) is 7.78. The van der Waals surface area contributed by atoms with Gasteiger partial charge in [0.25, 0.3) is 0 Å². The van der Waals surface area contributed by atoms with E-state index in [2.05, 4.69) is 15.0 Å². The van der Waals surface area contributed by atoms with Gasteiger partial charge in [-0.15, -0.1) is 0 Å². The first-order chi connectivity index (χ1) is 11.8. The summed E-state index contributed by atoms with van der Waals surface area (Å²) in [6.07, 6.45) is 3.42. The standard InChI is InChI=1S/C19H12ClN3O/c20-15-6-2-4-8-17(15)24-19-14-5-1-3-7-16(14)22-18(23-19)13-9-11-21-12-10-13/h1-12H. The van der Waals surface area contributed by atoms with Crippen molar-refractivity contribution >= 4 is 22.5 Å². The van der Waals surface area contributed by atoms with Crippen molar-refractivity contribution in [2.75, 3.05) is 0 Å². The Balaban J connectivity index is 1.88. The molecule has 0 spiro atoms. The molecule has 0 radical (unpaired) electrons. The van der Waals surface area contributed by atoms with E-state index in [1.807, 2.05) is 54.6 Å². The molecule has 2 heterocycles. The molecule has 5 heteroatoms. The number of ether oxygens (including phenoxy) is 1. The van der Waals surface area contributed by atoms with Gasteiger partial charge >= 0.3 is 0 Å². The number of fused-ring (bicyclic) bond motifs is 1. The summed E-state index contributed by atoms with van der Waals surface area (Å²) in [6.45, 7) is 0. The van der Waals surface area contributed by atoms with Gasteiger partial charge in [-0.25, -0.2) is 4.98 Å². The van der Waals surface area contributed by atoms with Gasteiger partial charge in [0, 0.05) is 18.0 Å². The Labute approximate surface area is 143 Å². The molecule has 0 N–H and O–H groups in total. The molecule has 2 aromatic carbocycles. The van der Waals surface area contributed by atoms with Crippen molar-refractivity contribution in [3.05, 3.63) is 78.1 Å². The van der Waals surface area contributed by atoms with Crippen molar-refractivity contribution in [1.29, 1.82) is 0 Å².